The second-order valence-corrected chi connectivity index (χ2v) is 3.43. The van der Waals surface area contributed by atoms with E-state index < -0.39 is 47.6 Å². The van der Waals surface area contributed by atoms with E-state index in [0.29, 0.717) is 0 Å². The van der Waals surface area contributed by atoms with Gasteiger partial charge in [-0.3, -0.25) is 9.59 Å². The number of amides is 1. The fourth-order valence-corrected chi connectivity index (χ4v) is 1.20. The van der Waals surface area contributed by atoms with Crippen LogP contribution in [0.25, 0.3) is 0 Å². The molecule has 0 unspecified atom stereocenters. The van der Waals surface area contributed by atoms with Gasteiger partial charge in [-0.25, -0.2) is 14.2 Å². The molecular formula is C10H8F2N2O5. The molecule has 0 aliphatic carbocycles. The van der Waals surface area contributed by atoms with Crippen LogP contribution in [-0.2, 0) is 9.59 Å². The van der Waals surface area contributed by atoms with Crippen molar-refractivity contribution in [1.29, 1.82) is 0 Å². The molecule has 0 aliphatic rings. The second-order valence-electron chi connectivity index (χ2n) is 3.43. The highest BCUT2D eigenvalue weighted by atomic mass is 19.2. The van der Waals surface area contributed by atoms with Crippen LogP contribution in [0.4, 0.5) is 8.78 Å². The van der Waals surface area contributed by atoms with Gasteiger partial charge < -0.3 is 15.5 Å². The van der Waals surface area contributed by atoms with Crippen molar-refractivity contribution in [3.8, 4) is 0 Å². The molecule has 0 aromatic carbocycles. The number of nitrogens with zero attached hydrogens (tertiary/aromatic N) is 1. The van der Waals surface area contributed by atoms with Crippen LogP contribution in [0.3, 0.4) is 0 Å². The minimum Gasteiger partial charge on any atom is -0.481 e. The lowest BCUT2D eigenvalue weighted by atomic mass is 10.1. The van der Waals surface area contributed by atoms with Crippen molar-refractivity contribution >= 4 is 17.8 Å². The number of halogens is 2. The van der Waals surface area contributed by atoms with Gasteiger partial charge in [0.1, 0.15) is 6.04 Å². The standard InChI is InChI=1S/C10H8F2N2O5/c11-7-4(1-2-13-8(7)12)9(17)14-5(10(18)19)3-6(15)16/h1-2,5H,3H2,(H,14,17)(H,15,16)(H,18,19)/t5-/m1/s1. The number of pyridine rings is 1. The van der Waals surface area contributed by atoms with E-state index in [1.165, 1.54) is 0 Å². The number of aromatic nitrogens is 1. The zero-order valence-electron chi connectivity index (χ0n) is 9.26. The summed E-state index contributed by atoms with van der Waals surface area (Å²) >= 11 is 0. The number of carboxylic acids is 2. The van der Waals surface area contributed by atoms with E-state index in [4.69, 9.17) is 10.2 Å². The van der Waals surface area contributed by atoms with Crippen LogP contribution >= 0.6 is 0 Å². The lowest BCUT2D eigenvalue weighted by molar-refractivity contribution is -0.145. The van der Waals surface area contributed by atoms with E-state index >= 15 is 0 Å². The summed E-state index contributed by atoms with van der Waals surface area (Å²) in [5, 5.41) is 18.9. The zero-order chi connectivity index (χ0) is 14.6. The molecule has 0 bridgehead atoms. The van der Waals surface area contributed by atoms with Crippen molar-refractivity contribution in [2.75, 3.05) is 0 Å². The van der Waals surface area contributed by atoms with E-state index in [2.05, 4.69) is 4.98 Å². The van der Waals surface area contributed by atoms with Gasteiger partial charge in [0.15, 0.2) is 5.82 Å². The Balaban J connectivity index is 2.91. The summed E-state index contributed by atoms with van der Waals surface area (Å²) < 4.78 is 26.0. The Labute approximate surface area is 104 Å². The molecule has 0 aliphatic heterocycles. The largest absolute Gasteiger partial charge is 0.481 e. The Kier molecular flexibility index (Phi) is 4.46. The lowest BCUT2D eigenvalue weighted by Gasteiger charge is -2.12. The Bertz CT molecular complexity index is 535. The summed E-state index contributed by atoms with van der Waals surface area (Å²) in [5.41, 5.74) is -0.760. The lowest BCUT2D eigenvalue weighted by Crippen LogP contribution is -2.42. The third-order valence-electron chi connectivity index (χ3n) is 2.07. The Hall–Kier alpha value is -2.58. The minimum absolute atomic E-state index is 0.760. The first kappa shape index (κ1) is 14.5. The van der Waals surface area contributed by atoms with Gasteiger partial charge in [-0.2, -0.15) is 4.39 Å². The van der Waals surface area contributed by atoms with Gasteiger partial charge in [0, 0.05) is 6.20 Å². The third-order valence-corrected chi connectivity index (χ3v) is 2.07. The summed E-state index contributed by atoms with van der Waals surface area (Å²) in [7, 11) is 0. The summed E-state index contributed by atoms with van der Waals surface area (Å²) in [4.78, 5) is 35.6. The molecule has 1 rings (SSSR count). The fourth-order valence-electron chi connectivity index (χ4n) is 1.20. The minimum atomic E-state index is -1.75. The molecule has 19 heavy (non-hydrogen) atoms. The summed E-state index contributed by atoms with van der Waals surface area (Å²) in [6, 6.07) is -0.909. The van der Waals surface area contributed by atoms with Gasteiger partial charge >= 0.3 is 11.9 Å². The van der Waals surface area contributed by atoms with Gasteiger partial charge in [0.05, 0.1) is 12.0 Å². The van der Waals surface area contributed by atoms with Crippen LogP contribution < -0.4 is 5.32 Å². The number of carbonyl (C=O) groups is 3. The monoisotopic (exact) mass is 274 g/mol. The van der Waals surface area contributed by atoms with Crippen LogP contribution in [0.1, 0.15) is 16.8 Å². The summed E-state index contributed by atoms with van der Waals surface area (Å²) in [6.45, 7) is 0. The molecule has 0 spiro atoms. The average Bonchev–Trinajstić information content (AvgIpc) is 2.31. The molecule has 1 heterocycles. The van der Waals surface area contributed by atoms with E-state index in [1.807, 2.05) is 0 Å². The van der Waals surface area contributed by atoms with E-state index in [-0.39, 0.29) is 0 Å². The molecule has 1 aromatic heterocycles. The van der Waals surface area contributed by atoms with Gasteiger partial charge in [0.2, 0.25) is 5.95 Å². The average molecular weight is 274 g/mol. The highest BCUT2D eigenvalue weighted by Gasteiger charge is 2.25. The first-order chi connectivity index (χ1) is 8.82. The quantitative estimate of drug-likeness (QED) is 0.651. The van der Waals surface area contributed by atoms with Crippen molar-refractivity contribution < 1.29 is 33.4 Å². The molecule has 1 aromatic rings. The molecule has 102 valence electrons. The van der Waals surface area contributed by atoms with E-state index in [0.717, 1.165) is 12.3 Å². The number of hydrogen-bond donors (Lipinski definition) is 3. The molecule has 3 N–H and O–H groups in total. The number of carbonyl (C=O) groups excluding carboxylic acids is 1. The molecule has 0 radical (unpaired) electrons. The van der Waals surface area contributed by atoms with Crippen LogP contribution in [0.15, 0.2) is 12.3 Å². The molecule has 7 nitrogen and oxygen atoms in total. The third kappa shape index (κ3) is 3.69. The van der Waals surface area contributed by atoms with Crippen LogP contribution in [0.5, 0.6) is 0 Å². The first-order valence-corrected chi connectivity index (χ1v) is 4.88. The van der Waals surface area contributed by atoms with Crippen LogP contribution in [0, 0.1) is 11.8 Å². The highest BCUT2D eigenvalue weighted by molar-refractivity contribution is 5.97. The maximum Gasteiger partial charge on any atom is 0.326 e. The van der Waals surface area contributed by atoms with Crippen LogP contribution in [-0.4, -0.2) is 39.1 Å². The predicted molar refractivity (Wildman–Crippen MR) is 55.3 cm³/mol. The fraction of sp³-hybridized carbons (Fsp3) is 0.200. The zero-order valence-corrected chi connectivity index (χ0v) is 9.26. The smallest absolute Gasteiger partial charge is 0.326 e. The topological polar surface area (TPSA) is 117 Å². The number of rotatable bonds is 5. The Morgan fingerprint density at radius 2 is 1.95 bits per heavy atom. The normalized spacial score (nSPS) is 11.7. The number of carboxylic acid groups (broad SMARTS) is 2. The van der Waals surface area contributed by atoms with E-state index in [1.54, 1.807) is 5.32 Å². The Morgan fingerprint density at radius 3 is 2.47 bits per heavy atom. The van der Waals surface area contributed by atoms with Crippen molar-refractivity contribution in [3.63, 3.8) is 0 Å². The number of aliphatic carboxylic acids is 2. The van der Waals surface area contributed by atoms with Gasteiger partial charge in [-0.05, 0) is 6.07 Å². The Morgan fingerprint density at radius 1 is 1.32 bits per heavy atom. The molecular weight excluding hydrogens is 266 g/mol. The molecule has 0 fully saturated rings. The SMILES string of the molecule is O=C(O)C[C@@H](NC(=O)c1ccnc(F)c1F)C(=O)O. The number of nitrogens with one attached hydrogen (secondary N) is 1. The van der Waals surface area contributed by atoms with Crippen molar-refractivity contribution in [1.82, 2.24) is 10.3 Å². The van der Waals surface area contributed by atoms with Crippen LogP contribution in [0.2, 0.25) is 0 Å². The maximum absolute atomic E-state index is 13.2. The molecule has 1 atom stereocenters. The molecule has 0 saturated heterocycles. The number of hydrogen-bond acceptors (Lipinski definition) is 4. The van der Waals surface area contributed by atoms with Crippen molar-refractivity contribution in [2.24, 2.45) is 0 Å². The highest BCUT2D eigenvalue weighted by Crippen LogP contribution is 2.09. The molecule has 9 heteroatoms. The first-order valence-electron chi connectivity index (χ1n) is 4.88. The van der Waals surface area contributed by atoms with Crippen molar-refractivity contribution in [2.45, 2.75) is 12.5 Å². The van der Waals surface area contributed by atoms with Gasteiger partial charge in [-0.1, -0.05) is 0 Å². The van der Waals surface area contributed by atoms with Gasteiger partial charge in [0.25, 0.3) is 5.91 Å². The maximum atomic E-state index is 13.2. The van der Waals surface area contributed by atoms with Gasteiger partial charge in [-0.15, -0.1) is 0 Å². The van der Waals surface area contributed by atoms with E-state index in [9.17, 15) is 23.2 Å². The molecule has 1 amide bonds. The second kappa shape index (κ2) is 5.85. The summed E-state index contributed by atoms with van der Waals surface area (Å²) in [6.07, 6.45) is -0.0729. The van der Waals surface area contributed by atoms with Crippen molar-refractivity contribution in [3.05, 3.63) is 29.6 Å². The predicted octanol–water partition coefficient (Wildman–Crippen LogP) is 0.0175. The summed E-state index contributed by atoms with van der Waals surface area (Å²) in [5.74, 6) is -7.37. The molecule has 0 saturated carbocycles.